The second-order valence-electron chi connectivity index (χ2n) is 3.89. The van der Waals surface area contributed by atoms with E-state index in [1.165, 1.54) is 30.3 Å². The number of rotatable bonds is 3. The summed E-state index contributed by atoms with van der Waals surface area (Å²) in [5.74, 6) is -0.478. The summed E-state index contributed by atoms with van der Waals surface area (Å²) in [4.78, 5) is -0.260. The van der Waals surface area contributed by atoms with Crippen molar-refractivity contribution in [2.24, 2.45) is 5.14 Å². The van der Waals surface area contributed by atoms with Gasteiger partial charge in [0.05, 0.1) is 10.7 Å². The van der Waals surface area contributed by atoms with Crippen molar-refractivity contribution in [1.29, 1.82) is 0 Å². The zero-order chi connectivity index (χ0) is 14.9. The molecule has 0 radical (unpaired) electrons. The van der Waals surface area contributed by atoms with Gasteiger partial charge in [0.25, 0.3) is 0 Å². The first-order valence-corrected chi connectivity index (χ1v) is 7.25. The number of benzene rings is 2. The van der Waals surface area contributed by atoms with E-state index in [1.54, 1.807) is 0 Å². The molecule has 5 nitrogen and oxygen atoms in total. The highest BCUT2D eigenvalue weighted by Crippen LogP contribution is 2.32. The summed E-state index contributed by atoms with van der Waals surface area (Å²) in [7, 11) is -3.96. The quantitative estimate of drug-likeness (QED) is 0.850. The molecule has 2 aromatic carbocycles. The number of hydrogen-bond donors (Lipinski definition) is 2. The highest BCUT2D eigenvalue weighted by Gasteiger charge is 2.16. The number of primary sulfonamides is 1. The van der Waals surface area contributed by atoms with Crippen LogP contribution in [0, 0.1) is 5.82 Å². The van der Waals surface area contributed by atoms with Gasteiger partial charge in [-0.3, -0.25) is 0 Å². The molecule has 0 aromatic heterocycles. The van der Waals surface area contributed by atoms with E-state index >= 15 is 0 Å². The van der Waals surface area contributed by atoms with Gasteiger partial charge in [0.15, 0.2) is 5.75 Å². The summed E-state index contributed by atoms with van der Waals surface area (Å²) in [5.41, 5.74) is 5.53. The van der Waals surface area contributed by atoms with Crippen LogP contribution in [-0.2, 0) is 10.0 Å². The molecule has 4 N–H and O–H groups in total. The van der Waals surface area contributed by atoms with E-state index in [-0.39, 0.29) is 27.1 Å². The molecule has 0 bridgehead atoms. The number of nitrogen functional groups attached to an aromatic ring is 1. The first kappa shape index (κ1) is 14.6. The fourth-order valence-electron chi connectivity index (χ4n) is 1.53. The van der Waals surface area contributed by atoms with Crippen LogP contribution < -0.4 is 15.6 Å². The van der Waals surface area contributed by atoms with Crippen molar-refractivity contribution >= 4 is 27.3 Å². The molecule has 0 aliphatic carbocycles. The van der Waals surface area contributed by atoms with Gasteiger partial charge >= 0.3 is 0 Å². The summed E-state index contributed by atoms with van der Waals surface area (Å²) in [6.07, 6.45) is 0. The Kier molecular flexibility index (Phi) is 3.85. The third-order valence-corrected chi connectivity index (χ3v) is 3.73. The Morgan fingerprint density at radius 2 is 1.90 bits per heavy atom. The molecule has 0 saturated heterocycles. The lowest BCUT2D eigenvalue weighted by Crippen LogP contribution is -2.14. The predicted molar refractivity (Wildman–Crippen MR) is 73.7 cm³/mol. The van der Waals surface area contributed by atoms with Crippen LogP contribution in [0.3, 0.4) is 0 Å². The average Bonchev–Trinajstić information content (AvgIpc) is 2.35. The topological polar surface area (TPSA) is 95.4 Å². The number of para-hydroxylation sites is 1. The van der Waals surface area contributed by atoms with Gasteiger partial charge in [-0.1, -0.05) is 17.7 Å². The van der Waals surface area contributed by atoms with E-state index in [9.17, 15) is 12.8 Å². The van der Waals surface area contributed by atoms with E-state index in [0.717, 1.165) is 6.07 Å². The van der Waals surface area contributed by atoms with Crippen molar-refractivity contribution < 1.29 is 17.5 Å². The molecular formula is C12H10ClFN2O3S. The highest BCUT2D eigenvalue weighted by atomic mass is 35.5. The van der Waals surface area contributed by atoms with Crippen LogP contribution >= 0.6 is 11.6 Å². The summed E-state index contributed by atoms with van der Waals surface area (Å²) < 4.78 is 41.3. The summed E-state index contributed by atoms with van der Waals surface area (Å²) in [6, 6.07) is 7.90. The van der Waals surface area contributed by atoms with Gasteiger partial charge in [-0.25, -0.2) is 17.9 Å². The van der Waals surface area contributed by atoms with Crippen molar-refractivity contribution in [3.05, 3.63) is 47.2 Å². The fraction of sp³-hybridized carbons (Fsp3) is 0. The van der Waals surface area contributed by atoms with E-state index in [2.05, 4.69) is 0 Å². The minimum absolute atomic E-state index is 0.0522. The summed E-state index contributed by atoms with van der Waals surface area (Å²) >= 11 is 5.55. The number of sulfonamides is 1. The number of nitrogens with two attached hydrogens (primary N) is 2. The molecule has 0 fully saturated rings. The third-order valence-electron chi connectivity index (χ3n) is 2.45. The molecule has 2 aromatic rings. The lowest BCUT2D eigenvalue weighted by atomic mass is 10.3. The van der Waals surface area contributed by atoms with Crippen LogP contribution in [0.4, 0.5) is 10.1 Å². The molecular weight excluding hydrogens is 307 g/mol. The minimum Gasteiger partial charge on any atom is -0.455 e. The zero-order valence-corrected chi connectivity index (χ0v) is 11.6. The summed E-state index contributed by atoms with van der Waals surface area (Å²) in [6.45, 7) is 0. The van der Waals surface area contributed by atoms with Gasteiger partial charge < -0.3 is 10.5 Å². The Bertz CT molecular complexity index is 765. The van der Waals surface area contributed by atoms with Crippen LogP contribution in [0.2, 0.25) is 5.02 Å². The molecule has 20 heavy (non-hydrogen) atoms. The molecule has 0 amide bonds. The van der Waals surface area contributed by atoms with Crippen LogP contribution in [-0.4, -0.2) is 8.42 Å². The molecule has 0 unspecified atom stereocenters. The molecule has 106 valence electrons. The smallest absolute Gasteiger partial charge is 0.240 e. The van der Waals surface area contributed by atoms with E-state index in [1.807, 2.05) is 0 Å². The monoisotopic (exact) mass is 316 g/mol. The normalized spacial score (nSPS) is 11.3. The van der Waals surface area contributed by atoms with Crippen molar-refractivity contribution in [2.75, 3.05) is 5.73 Å². The zero-order valence-electron chi connectivity index (χ0n) is 10.0. The number of ether oxygens (including phenoxy) is 1. The standard InChI is InChI=1S/C12H10ClFN2O3S/c13-8-5-4-7(6-9(8)14)19-10-2-1-3-11(12(10)15)20(16,17)18/h1-6H,15H2,(H2,16,17,18). The van der Waals surface area contributed by atoms with E-state index < -0.39 is 15.8 Å². The van der Waals surface area contributed by atoms with E-state index in [0.29, 0.717) is 0 Å². The SMILES string of the molecule is Nc1c(Oc2ccc(Cl)c(F)c2)cccc1S(N)(=O)=O. The van der Waals surface area contributed by atoms with Gasteiger partial charge in [-0.15, -0.1) is 0 Å². The van der Waals surface area contributed by atoms with Gasteiger partial charge in [0.1, 0.15) is 16.5 Å². The number of hydrogen-bond acceptors (Lipinski definition) is 4. The minimum atomic E-state index is -3.96. The maximum atomic E-state index is 13.3. The molecule has 0 aliphatic rings. The lowest BCUT2D eigenvalue weighted by molar-refractivity contribution is 0.477. The highest BCUT2D eigenvalue weighted by molar-refractivity contribution is 7.89. The molecule has 2 rings (SSSR count). The molecule has 0 atom stereocenters. The van der Waals surface area contributed by atoms with Crippen LogP contribution in [0.25, 0.3) is 0 Å². The second kappa shape index (κ2) is 5.28. The molecule has 8 heteroatoms. The summed E-state index contributed by atoms with van der Waals surface area (Å²) in [5, 5.41) is 4.97. The third kappa shape index (κ3) is 3.01. The van der Waals surface area contributed by atoms with Crippen molar-refractivity contribution in [1.82, 2.24) is 0 Å². The number of anilines is 1. The van der Waals surface area contributed by atoms with Gasteiger partial charge in [-0.05, 0) is 24.3 Å². The van der Waals surface area contributed by atoms with E-state index in [4.69, 9.17) is 27.2 Å². The fourth-order valence-corrected chi connectivity index (χ4v) is 2.32. The Morgan fingerprint density at radius 1 is 1.20 bits per heavy atom. The molecule has 0 aliphatic heterocycles. The molecule has 0 heterocycles. The lowest BCUT2D eigenvalue weighted by Gasteiger charge is -2.11. The van der Waals surface area contributed by atoms with Crippen LogP contribution in [0.5, 0.6) is 11.5 Å². The average molecular weight is 317 g/mol. The maximum Gasteiger partial charge on any atom is 0.240 e. The van der Waals surface area contributed by atoms with Crippen molar-refractivity contribution in [2.45, 2.75) is 4.90 Å². The van der Waals surface area contributed by atoms with Crippen molar-refractivity contribution in [3.8, 4) is 11.5 Å². The van der Waals surface area contributed by atoms with Gasteiger partial charge in [0.2, 0.25) is 10.0 Å². The Labute approximate surface area is 120 Å². The first-order chi connectivity index (χ1) is 9.29. The second-order valence-corrected chi connectivity index (χ2v) is 5.83. The predicted octanol–water partition coefficient (Wildman–Crippen LogP) is 2.50. The number of halogens is 2. The Hall–Kier alpha value is -1.83. The van der Waals surface area contributed by atoms with Crippen molar-refractivity contribution in [3.63, 3.8) is 0 Å². The van der Waals surface area contributed by atoms with Gasteiger partial charge in [0, 0.05) is 6.07 Å². The largest absolute Gasteiger partial charge is 0.455 e. The first-order valence-electron chi connectivity index (χ1n) is 5.33. The van der Waals surface area contributed by atoms with Crippen LogP contribution in [0.15, 0.2) is 41.3 Å². The maximum absolute atomic E-state index is 13.3. The van der Waals surface area contributed by atoms with Crippen LogP contribution in [0.1, 0.15) is 0 Å². The molecule has 0 saturated carbocycles. The Balaban J connectivity index is 2.42. The Morgan fingerprint density at radius 3 is 2.50 bits per heavy atom. The molecule has 0 spiro atoms. The van der Waals surface area contributed by atoms with Gasteiger partial charge in [-0.2, -0.15) is 0 Å².